The number of benzene rings is 1. The molecule has 1 fully saturated rings. The summed E-state index contributed by atoms with van der Waals surface area (Å²) in [5.41, 5.74) is 3.33. The molecule has 0 spiro atoms. The zero-order valence-electron chi connectivity index (χ0n) is 17.1. The van der Waals surface area contributed by atoms with Crippen LogP contribution < -0.4 is 5.63 Å². The van der Waals surface area contributed by atoms with Gasteiger partial charge in [0.2, 0.25) is 0 Å². The van der Waals surface area contributed by atoms with Gasteiger partial charge in [0.15, 0.2) is 0 Å². The molecule has 154 valence electrons. The van der Waals surface area contributed by atoms with Crippen molar-refractivity contribution in [3.8, 4) is 11.8 Å². The summed E-state index contributed by atoms with van der Waals surface area (Å²) in [5, 5.41) is 0.857. The van der Waals surface area contributed by atoms with E-state index >= 15 is 0 Å². The minimum absolute atomic E-state index is 0.0639. The fourth-order valence-corrected chi connectivity index (χ4v) is 4.29. The molecule has 2 aliphatic rings. The highest BCUT2D eigenvalue weighted by Gasteiger charge is 2.54. The number of esters is 1. The normalized spacial score (nSPS) is 21.4. The van der Waals surface area contributed by atoms with Crippen molar-refractivity contribution in [3.05, 3.63) is 75.4 Å². The maximum atomic E-state index is 12.5. The van der Waals surface area contributed by atoms with Gasteiger partial charge in [-0.3, -0.25) is 9.78 Å². The van der Waals surface area contributed by atoms with E-state index in [0.717, 1.165) is 35.0 Å². The number of hydrogen-bond acceptors (Lipinski definition) is 5. The van der Waals surface area contributed by atoms with Crippen molar-refractivity contribution in [2.75, 3.05) is 6.61 Å². The Morgan fingerprint density at radius 1 is 1.29 bits per heavy atom. The monoisotopic (exact) mass is 411 g/mol. The number of pyridine rings is 1. The lowest BCUT2D eigenvalue weighted by atomic mass is 9.96. The first-order valence-corrected chi connectivity index (χ1v) is 10.5. The van der Waals surface area contributed by atoms with Crippen molar-refractivity contribution in [2.24, 2.45) is 17.8 Å². The van der Waals surface area contributed by atoms with Gasteiger partial charge in [-0.2, -0.15) is 0 Å². The molecule has 5 rings (SSSR count). The summed E-state index contributed by atoms with van der Waals surface area (Å²) >= 11 is 0. The van der Waals surface area contributed by atoms with Crippen LogP contribution >= 0.6 is 0 Å². The molecular formula is C26H21NO4. The van der Waals surface area contributed by atoms with Crippen LogP contribution in [-0.4, -0.2) is 17.6 Å². The Kier molecular flexibility index (Phi) is 4.91. The van der Waals surface area contributed by atoms with Gasteiger partial charge in [0.05, 0.1) is 23.8 Å². The smallest absolute Gasteiger partial charge is 0.343 e. The molecule has 3 unspecified atom stereocenters. The Labute approximate surface area is 179 Å². The molecule has 2 heterocycles. The van der Waals surface area contributed by atoms with Crippen LogP contribution in [0.1, 0.15) is 35.7 Å². The van der Waals surface area contributed by atoms with Gasteiger partial charge < -0.3 is 9.15 Å². The number of carbonyl (C=O) groups excluding carboxylic acids is 1. The SMILES string of the molecule is CCOC(=O)C1C2C#Cc3cc4oc(=O)c(/C=C/c5ccccn5)cc4cc3CCC21. The van der Waals surface area contributed by atoms with E-state index in [9.17, 15) is 9.59 Å². The molecule has 0 bridgehead atoms. The van der Waals surface area contributed by atoms with E-state index in [1.807, 2.05) is 43.3 Å². The third-order valence-electron chi connectivity index (χ3n) is 5.95. The Morgan fingerprint density at radius 2 is 2.19 bits per heavy atom. The van der Waals surface area contributed by atoms with Crippen molar-refractivity contribution in [1.82, 2.24) is 4.98 Å². The van der Waals surface area contributed by atoms with Crippen LogP contribution in [0.4, 0.5) is 0 Å². The van der Waals surface area contributed by atoms with Gasteiger partial charge in [0.1, 0.15) is 5.58 Å². The third kappa shape index (κ3) is 3.77. The van der Waals surface area contributed by atoms with Crippen LogP contribution in [0, 0.1) is 29.6 Å². The van der Waals surface area contributed by atoms with Crippen molar-refractivity contribution in [1.29, 1.82) is 0 Å². The summed E-state index contributed by atoms with van der Waals surface area (Å²) in [6.45, 7) is 2.22. The number of aromatic nitrogens is 1. The van der Waals surface area contributed by atoms with Gasteiger partial charge in [-0.05, 0) is 73.7 Å². The fourth-order valence-electron chi connectivity index (χ4n) is 4.29. The van der Waals surface area contributed by atoms with E-state index in [1.165, 1.54) is 0 Å². The zero-order chi connectivity index (χ0) is 21.4. The maximum absolute atomic E-state index is 12.5. The standard InChI is InChI=1S/C26H21NO4/c1-2-30-26(29)24-21-10-7-16-13-19-14-18(6-9-20-5-3-4-12-27-20)25(28)31-23(19)15-17(16)8-11-22(21)24/h3-6,9,12-15,21-22,24H,2,7,10H2,1H3/b9-6+. The first kappa shape index (κ1) is 19.3. The highest BCUT2D eigenvalue weighted by molar-refractivity contribution is 5.83. The molecule has 31 heavy (non-hydrogen) atoms. The Balaban J connectivity index is 1.45. The van der Waals surface area contributed by atoms with E-state index < -0.39 is 5.63 Å². The molecule has 0 aliphatic heterocycles. The molecule has 3 atom stereocenters. The van der Waals surface area contributed by atoms with Crippen LogP contribution in [0.2, 0.25) is 0 Å². The molecule has 5 heteroatoms. The number of nitrogens with zero attached hydrogens (tertiary/aromatic N) is 1. The number of aryl methyl sites for hydroxylation is 1. The van der Waals surface area contributed by atoms with Gasteiger partial charge in [0, 0.05) is 23.1 Å². The van der Waals surface area contributed by atoms with E-state index in [-0.39, 0.29) is 23.7 Å². The van der Waals surface area contributed by atoms with E-state index in [4.69, 9.17) is 9.15 Å². The Hall–Kier alpha value is -3.65. The van der Waals surface area contributed by atoms with Crippen molar-refractivity contribution in [2.45, 2.75) is 19.8 Å². The van der Waals surface area contributed by atoms with Crippen molar-refractivity contribution in [3.63, 3.8) is 0 Å². The second-order valence-corrected chi connectivity index (χ2v) is 7.90. The van der Waals surface area contributed by atoms with Gasteiger partial charge >= 0.3 is 11.6 Å². The van der Waals surface area contributed by atoms with Crippen LogP contribution in [0.15, 0.2) is 51.8 Å². The van der Waals surface area contributed by atoms with E-state index in [2.05, 4.69) is 16.8 Å². The minimum atomic E-state index is -0.400. The van der Waals surface area contributed by atoms with Gasteiger partial charge in [-0.15, -0.1) is 0 Å². The maximum Gasteiger partial charge on any atom is 0.343 e. The molecule has 0 saturated heterocycles. The van der Waals surface area contributed by atoms with Crippen LogP contribution in [0.5, 0.6) is 0 Å². The second-order valence-electron chi connectivity index (χ2n) is 7.90. The van der Waals surface area contributed by atoms with Crippen LogP contribution in [0.3, 0.4) is 0 Å². The molecule has 0 amide bonds. The van der Waals surface area contributed by atoms with E-state index in [0.29, 0.717) is 17.8 Å². The first-order valence-electron chi connectivity index (χ1n) is 10.5. The summed E-state index contributed by atoms with van der Waals surface area (Å²) in [4.78, 5) is 28.8. The molecule has 3 aromatic rings. The molecule has 5 nitrogen and oxygen atoms in total. The van der Waals surface area contributed by atoms with E-state index in [1.54, 1.807) is 18.3 Å². The number of rotatable bonds is 4. The molecule has 2 aliphatic carbocycles. The lowest BCUT2D eigenvalue weighted by Gasteiger charge is -2.09. The average molecular weight is 411 g/mol. The summed E-state index contributed by atoms with van der Waals surface area (Å²) in [7, 11) is 0. The summed E-state index contributed by atoms with van der Waals surface area (Å²) < 4.78 is 10.8. The summed E-state index contributed by atoms with van der Waals surface area (Å²) in [6.07, 6.45) is 6.95. The first-order chi connectivity index (χ1) is 15.1. The summed E-state index contributed by atoms with van der Waals surface area (Å²) in [6, 6.07) is 11.3. The number of fused-ring (bicyclic) bond motifs is 3. The quantitative estimate of drug-likeness (QED) is 0.368. The Morgan fingerprint density at radius 3 is 3.00 bits per heavy atom. The number of carbonyl (C=O) groups is 1. The highest BCUT2D eigenvalue weighted by atomic mass is 16.5. The molecular weight excluding hydrogens is 390 g/mol. The van der Waals surface area contributed by atoms with Crippen LogP contribution in [0.25, 0.3) is 23.1 Å². The lowest BCUT2D eigenvalue weighted by Crippen LogP contribution is -2.08. The van der Waals surface area contributed by atoms with Gasteiger partial charge in [-0.1, -0.05) is 17.9 Å². The lowest BCUT2D eigenvalue weighted by molar-refractivity contribution is -0.145. The topological polar surface area (TPSA) is 69.4 Å². The van der Waals surface area contributed by atoms with Gasteiger partial charge in [0.25, 0.3) is 0 Å². The van der Waals surface area contributed by atoms with Crippen molar-refractivity contribution < 1.29 is 13.9 Å². The predicted molar refractivity (Wildman–Crippen MR) is 118 cm³/mol. The van der Waals surface area contributed by atoms with Crippen LogP contribution in [-0.2, 0) is 16.0 Å². The predicted octanol–water partition coefficient (Wildman–Crippen LogP) is 4.08. The average Bonchev–Trinajstić information content (AvgIpc) is 3.46. The largest absolute Gasteiger partial charge is 0.466 e. The molecule has 1 saturated carbocycles. The summed E-state index contributed by atoms with van der Waals surface area (Å²) in [5.74, 6) is 6.53. The number of hydrogen-bond donors (Lipinski definition) is 0. The van der Waals surface area contributed by atoms with Crippen molar-refractivity contribution >= 4 is 29.1 Å². The van der Waals surface area contributed by atoms with Gasteiger partial charge in [-0.25, -0.2) is 4.79 Å². The molecule has 1 aromatic carbocycles. The minimum Gasteiger partial charge on any atom is -0.466 e. The fraction of sp³-hybridized carbons (Fsp3) is 0.269. The third-order valence-corrected chi connectivity index (χ3v) is 5.95. The molecule has 0 N–H and O–H groups in total. The second kappa shape index (κ2) is 7.88. The zero-order valence-corrected chi connectivity index (χ0v) is 17.1. The molecule has 0 radical (unpaired) electrons. The number of ether oxygens (including phenoxy) is 1. The Bertz CT molecular complexity index is 1310. The highest BCUT2D eigenvalue weighted by Crippen LogP contribution is 2.50. The molecule has 2 aromatic heterocycles.